The Bertz CT molecular complexity index is 256. The molecule has 7 heteroatoms. The number of nitrogen functional groups attached to an aromatic ring is 1. The van der Waals surface area contributed by atoms with E-state index in [1.807, 2.05) is 11.8 Å². The van der Waals surface area contributed by atoms with E-state index in [2.05, 4.69) is 15.0 Å². The zero-order chi connectivity index (χ0) is 10.2. The number of rotatable bonds is 7. The van der Waals surface area contributed by atoms with Crippen LogP contribution in [-0.4, -0.2) is 29.1 Å². The van der Waals surface area contributed by atoms with E-state index in [0.29, 0.717) is 0 Å². The SMILES string of the molecule is COCCCSCc1nnsc1NN. The molecule has 80 valence electrons. The van der Waals surface area contributed by atoms with Gasteiger partial charge in [-0.3, -0.25) is 0 Å². The molecular formula is C7H14N4OS2. The Hall–Kier alpha value is -0.370. The molecular weight excluding hydrogens is 220 g/mol. The molecule has 1 heterocycles. The van der Waals surface area contributed by atoms with E-state index < -0.39 is 0 Å². The van der Waals surface area contributed by atoms with Crippen molar-refractivity contribution in [3.8, 4) is 0 Å². The number of nitrogens with one attached hydrogen (secondary N) is 1. The molecule has 0 bridgehead atoms. The number of nitrogens with zero attached hydrogens (tertiary/aromatic N) is 2. The lowest BCUT2D eigenvalue weighted by atomic mass is 10.5. The van der Waals surface area contributed by atoms with Crippen molar-refractivity contribution in [2.75, 3.05) is 24.9 Å². The molecule has 0 saturated heterocycles. The van der Waals surface area contributed by atoms with Gasteiger partial charge in [0.25, 0.3) is 0 Å². The molecule has 0 radical (unpaired) electrons. The van der Waals surface area contributed by atoms with Crippen LogP contribution in [-0.2, 0) is 10.5 Å². The minimum absolute atomic E-state index is 0.810. The molecule has 14 heavy (non-hydrogen) atoms. The van der Waals surface area contributed by atoms with Crippen LogP contribution in [0.1, 0.15) is 12.1 Å². The van der Waals surface area contributed by atoms with Crippen molar-refractivity contribution >= 4 is 28.3 Å². The zero-order valence-electron chi connectivity index (χ0n) is 8.02. The average Bonchev–Trinajstić information content (AvgIpc) is 2.65. The van der Waals surface area contributed by atoms with Crippen LogP contribution in [0.4, 0.5) is 5.00 Å². The van der Waals surface area contributed by atoms with Gasteiger partial charge in [-0.05, 0) is 12.2 Å². The molecule has 3 N–H and O–H groups in total. The predicted octanol–water partition coefficient (Wildman–Crippen LogP) is 1.09. The van der Waals surface area contributed by atoms with Gasteiger partial charge < -0.3 is 10.2 Å². The van der Waals surface area contributed by atoms with E-state index in [-0.39, 0.29) is 0 Å². The van der Waals surface area contributed by atoms with Gasteiger partial charge in [-0.25, -0.2) is 5.84 Å². The zero-order valence-corrected chi connectivity index (χ0v) is 9.66. The molecule has 0 fully saturated rings. The van der Waals surface area contributed by atoms with Crippen molar-refractivity contribution < 1.29 is 4.74 Å². The highest BCUT2D eigenvalue weighted by atomic mass is 32.2. The molecule has 0 unspecified atom stereocenters. The number of methoxy groups -OCH3 is 1. The molecule has 0 aromatic carbocycles. The largest absolute Gasteiger partial charge is 0.385 e. The summed E-state index contributed by atoms with van der Waals surface area (Å²) < 4.78 is 8.77. The number of hydrogen-bond donors (Lipinski definition) is 2. The van der Waals surface area contributed by atoms with E-state index in [4.69, 9.17) is 10.6 Å². The molecule has 1 rings (SSSR count). The molecule has 1 aromatic heterocycles. The summed E-state index contributed by atoms with van der Waals surface area (Å²) in [5.41, 5.74) is 3.51. The Labute approximate surface area is 91.5 Å². The highest BCUT2D eigenvalue weighted by Crippen LogP contribution is 2.21. The van der Waals surface area contributed by atoms with E-state index in [1.165, 1.54) is 11.5 Å². The molecule has 1 aromatic rings. The number of nitrogens with two attached hydrogens (primary N) is 1. The second kappa shape index (κ2) is 6.99. The highest BCUT2D eigenvalue weighted by Gasteiger charge is 2.05. The number of hydrogen-bond acceptors (Lipinski definition) is 7. The minimum Gasteiger partial charge on any atom is -0.385 e. The average molecular weight is 234 g/mol. The fraction of sp³-hybridized carbons (Fsp3) is 0.714. The smallest absolute Gasteiger partial charge is 0.148 e. The van der Waals surface area contributed by atoms with E-state index in [1.54, 1.807) is 7.11 Å². The summed E-state index contributed by atoms with van der Waals surface area (Å²) in [5.74, 6) is 7.21. The Morgan fingerprint density at radius 2 is 2.50 bits per heavy atom. The Balaban J connectivity index is 2.17. The van der Waals surface area contributed by atoms with Gasteiger partial charge in [0.2, 0.25) is 0 Å². The summed E-state index contributed by atoms with van der Waals surface area (Å²) in [4.78, 5) is 0. The second-order valence-corrected chi connectivity index (χ2v) is 4.45. The predicted molar refractivity (Wildman–Crippen MR) is 60.4 cm³/mol. The van der Waals surface area contributed by atoms with E-state index in [0.717, 1.165) is 35.2 Å². The quantitative estimate of drug-likeness (QED) is 0.418. The summed E-state index contributed by atoms with van der Waals surface area (Å²) in [6.45, 7) is 0.810. The topological polar surface area (TPSA) is 73.1 Å². The molecule has 0 atom stereocenters. The second-order valence-electron chi connectivity index (χ2n) is 2.59. The standard InChI is InChI=1S/C7H14N4OS2/c1-12-3-2-4-13-5-6-7(9-8)14-11-10-6/h9H,2-5,8H2,1H3. The van der Waals surface area contributed by atoms with Crippen LogP contribution in [0.15, 0.2) is 0 Å². The number of anilines is 1. The monoisotopic (exact) mass is 234 g/mol. The normalized spacial score (nSPS) is 10.4. The molecule has 5 nitrogen and oxygen atoms in total. The van der Waals surface area contributed by atoms with Crippen LogP contribution in [0.5, 0.6) is 0 Å². The number of aromatic nitrogens is 2. The third kappa shape index (κ3) is 3.79. The fourth-order valence-electron chi connectivity index (χ4n) is 0.887. The number of hydrazine groups is 1. The van der Waals surface area contributed by atoms with Gasteiger partial charge in [-0.1, -0.05) is 4.49 Å². The summed E-state index contributed by atoms with van der Waals surface area (Å²) in [6, 6.07) is 0. The lowest BCUT2D eigenvalue weighted by Crippen LogP contribution is -2.06. The molecule has 0 aliphatic heterocycles. The lowest BCUT2D eigenvalue weighted by molar-refractivity contribution is 0.200. The molecule has 0 amide bonds. The lowest BCUT2D eigenvalue weighted by Gasteiger charge is -2.00. The Kier molecular flexibility index (Phi) is 5.85. The maximum atomic E-state index is 5.30. The van der Waals surface area contributed by atoms with Crippen LogP contribution < -0.4 is 11.3 Å². The van der Waals surface area contributed by atoms with Gasteiger partial charge in [0.15, 0.2) is 0 Å². The third-order valence-corrected chi connectivity index (χ3v) is 3.32. The van der Waals surface area contributed by atoms with Gasteiger partial charge in [-0.15, -0.1) is 5.10 Å². The van der Waals surface area contributed by atoms with Crippen LogP contribution >= 0.6 is 23.3 Å². The van der Waals surface area contributed by atoms with E-state index >= 15 is 0 Å². The van der Waals surface area contributed by atoms with Crippen LogP contribution in [0.2, 0.25) is 0 Å². The Morgan fingerprint density at radius 1 is 1.64 bits per heavy atom. The maximum Gasteiger partial charge on any atom is 0.148 e. The summed E-state index contributed by atoms with van der Waals surface area (Å²) >= 11 is 3.09. The molecule has 0 spiro atoms. The third-order valence-electron chi connectivity index (χ3n) is 1.56. The van der Waals surface area contributed by atoms with Crippen molar-refractivity contribution in [2.45, 2.75) is 12.2 Å². The van der Waals surface area contributed by atoms with Crippen LogP contribution in [0, 0.1) is 0 Å². The fourth-order valence-corrected chi connectivity index (χ4v) is 2.33. The first-order valence-electron chi connectivity index (χ1n) is 4.23. The van der Waals surface area contributed by atoms with Crippen LogP contribution in [0.3, 0.4) is 0 Å². The van der Waals surface area contributed by atoms with Crippen molar-refractivity contribution in [1.29, 1.82) is 0 Å². The summed E-state index contributed by atoms with van der Waals surface area (Å²) in [6.07, 6.45) is 1.06. The van der Waals surface area contributed by atoms with Crippen molar-refractivity contribution in [3.05, 3.63) is 5.69 Å². The number of thioether (sulfide) groups is 1. The van der Waals surface area contributed by atoms with Crippen LogP contribution in [0.25, 0.3) is 0 Å². The van der Waals surface area contributed by atoms with Gasteiger partial charge in [0.05, 0.1) is 0 Å². The molecule has 0 aliphatic carbocycles. The first kappa shape index (κ1) is 11.7. The molecule has 0 aliphatic rings. The minimum atomic E-state index is 0.810. The first-order chi connectivity index (χ1) is 6.88. The Morgan fingerprint density at radius 3 is 3.21 bits per heavy atom. The van der Waals surface area contributed by atoms with Crippen molar-refractivity contribution in [1.82, 2.24) is 9.59 Å². The maximum absolute atomic E-state index is 5.30. The van der Waals surface area contributed by atoms with Crippen molar-refractivity contribution in [3.63, 3.8) is 0 Å². The summed E-state index contributed by atoms with van der Waals surface area (Å²) in [5, 5.41) is 4.83. The molecule has 0 saturated carbocycles. The van der Waals surface area contributed by atoms with Gasteiger partial charge in [0.1, 0.15) is 10.7 Å². The van der Waals surface area contributed by atoms with Gasteiger partial charge in [-0.2, -0.15) is 11.8 Å². The first-order valence-corrected chi connectivity index (χ1v) is 6.15. The van der Waals surface area contributed by atoms with Gasteiger partial charge >= 0.3 is 0 Å². The van der Waals surface area contributed by atoms with E-state index in [9.17, 15) is 0 Å². The number of ether oxygens (including phenoxy) is 1. The van der Waals surface area contributed by atoms with Gasteiger partial charge in [0, 0.05) is 31.0 Å². The van der Waals surface area contributed by atoms with Crippen molar-refractivity contribution in [2.24, 2.45) is 5.84 Å². The summed E-state index contributed by atoms with van der Waals surface area (Å²) in [7, 11) is 1.71. The highest BCUT2D eigenvalue weighted by molar-refractivity contribution is 7.98.